The highest BCUT2D eigenvalue weighted by atomic mass is 16.5. The molecule has 21 heavy (non-hydrogen) atoms. The maximum absolute atomic E-state index is 6.19. The number of hydrogen-bond acceptors (Lipinski definition) is 3. The Balaban J connectivity index is 2.02. The van der Waals surface area contributed by atoms with Crippen LogP contribution in [0.4, 0.5) is 0 Å². The van der Waals surface area contributed by atoms with Gasteiger partial charge in [-0.25, -0.2) is 0 Å². The predicted octanol–water partition coefficient (Wildman–Crippen LogP) is 4.32. The smallest absolute Gasteiger partial charge is 0.137 e. The molecule has 0 radical (unpaired) electrons. The summed E-state index contributed by atoms with van der Waals surface area (Å²) in [5, 5.41) is 0. The first-order valence-corrected chi connectivity index (χ1v) is 7.46. The summed E-state index contributed by atoms with van der Waals surface area (Å²) in [4.78, 5) is 4.06. The van der Waals surface area contributed by atoms with Gasteiger partial charge in [0.1, 0.15) is 24.2 Å². The van der Waals surface area contributed by atoms with Crippen LogP contribution in [0, 0.1) is 13.8 Å². The SMILES string of the molecule is CCCC(COc1cccnc1)Oc1c(C)cccc1C. The number of rotatable bonds is 7. The minimum Gasteiger partial charge on any atom is -0.488 e. The van der Waals surface area contributed by atoms with Crippen molar-refractivity contribution in [1.29, 1.82) is 0 Å². The van der Waals surface area contributed by atoms with E-state index in [-0.39, 0.29) is 6.10 Å². The number of pyridine rings is 1. The Morgan fingerprint density at radius 3 is 2.48 bits per heavy atom. The lowest BCUT2D eigenvalue weighted by atomic mass is 10.1. The molecule has 0 saturated carbocycles. The largest absolute Gasteiger partial charge is 0.488 e. The molecule has 1 unspecified atom stereocenters. The van der Waals surface area contributed by atoms with E-state index in [0.717, 1.165) is 35.5 Å². The highest BCUT2D eigenvalue weighted by molar-refractivity contribution is 5.39. The molecule has 2 rings (SSSR count). The Kier molecular flexibility index (Phi) is 5.61. The van der Waals surface area contributed by atoms with Gasteiger partial charge in [-0.05, 0) is 43.5 Å². The molecule has 0 aliphatic rings. The van der Waals surface area contributed by atoms with Crippen molar-refractivity contribution in [2.45, 2.75) is 39.7 Å². The minimum absolute atomic E-state index is 0.0509. The van der Waals surface area contributed by atoms with E-state index in [1.54, 1.807) is 12.4 Å². The minimum atomic E-state index is 0.0509. The molecule has 0 amide bonds. The summed E-state index contributed by atoms with van der Waals surface area (Å²) in [7, 11) is 0. The Morgan fingerprint density at radius 2 is 1.86 bits per heavy atom. The predicted molar refractivity (Wildman–Crippen MR) is 85.0 cm³/mol. The monoisotopic (exact) mass is 285 g/mol. The Morgan fingerprint density at radius 1 is 1.10 bits per heavy atom. The molecule has 0 aliphatic carbocycles. The van der Waals surface area contributed by atoms with Crippen LogP contribution in [0.5, 0.6) is 11.5 Å². The molecule has 0 saturated heterocycles. The molecule has 2 aromatic rings. The maximum Gasteiger partial charge on any atom is 0.137 e. The van der Waals surface area contributed by atoms with Gasteiger partial charge in [0, 0.05) is 6.20 Å². The van der Waals surface area contributed by atoms with Gasteiger partial charge in [-0.15, -0.1) is 0 Å². The second kappa shape index (κ2) is 7.67. The summed E-state index contributed by atoms with van der Waals surface area (Å²) in [6.45, 7) is 6.85. The van der Waals surface area contributed by atoms with Gasteiger partial charge in [-0.2, -0.15) is 0 Å². The third kappa shape index (κ3) is 4.48. The number of para-hydroxylation sites is 1. The van der Waals surface area contributed by atoms with Crippen molar-refractivity contribution in [2.24, 2.45) is 0 Å². The molecule has 1 atom stereocenters. The number of ether oxygens (including phenoxy) is 2. The Labute approximate surface area is 126 Å². The zero-order chi connectivity index (χ0) is 15.1. The van der Waals surface area contributed by atoms with Crippen LogP contribution in [-0.2, 0) is 0 Å². The van der Waals surface area contributed by atoms with Crippen molar-refractivity contribution in [3.8, 4) is 11.5 Å². The summed E-state index contributed by atoms with van der Waals surface area (Å²) in [6, 6.07) is 9.99. The van der Waals surface area contributed by atoms with Crippen LogP contribution in [0.3, 0.4) is 0 Å². The van der Waals surface area contributed by atoms with Crippen molar-refractivity contribution in [2.75, 3.05) is 6.61 Å². The average molecular weight is 285 g/mol. The highest BCUT2D eigenvalue weighted by Gasteiger charge is 2.14. The van der Waals surface area contributed by atoms with E-state index in [2.05, 4.69) is 44.0 Å². The standard InChI is InChI=1S/C18H23NO2/c1-4-7-17(13-20-16-10-6-11-19-12-16)21-18-14(2)8-5-9-15(18)3/h5-6,8-12,17H,4,7,13H2,1-3H3. The third-order valence-corrected chi connectivity index (χ3v) is 3.37. The molecule has 0 aliphatic heterocycles. The first kappa shape index (κ1) is 15.4. The average Bonchev–Trinajstić information content (AvgIpc) is 2.49. The van der Waals surface area contributed by atoms with Gasteiger partial charge in [-0.3, -0.25) is 4.98 Å². The van der Waals surface area contributed by atoms with Crippen LogP contribution >= 0.6 is 0 Å². The van der Waals surface area contributed by atoms with E-state index >= 15 is 0 Å². The summed E-state index contributed by atoms with van der Waals surface area (Å²) in [5.74, 6) is 1.76. The first-order valence-electron chi connectivity index (χ1n) is 7.46. The van der Waals surface area contributed by atoms with Crippen molar-refractivity contribution >= 4 is 0 Å². The molecular formula is C18H23NO2. The fourth-order valence-corrected chi connectivity index (χ4v) is 2.27. The quantitative estimate of drug-likeness (QED) is 0.759. The van der Waals surface area contributed by atoms with Gasteiger partial charge in [0.25, 0.3) is 0 Å². The highest BCUT2D eigenvalue weighted by Crippen LogP contribution is 2.24. The van der Waals surface area contributed by atoms with Crippen LogP contribution < -0.4 is 9.47 Å². The third-order valence-electron chi connectivity index (χ3n) is 3.37. The van der Waals surface area contributed by atoms with Crippen molar-refractivity contribution < 1.29 is 9.47 Å². The van der Waals surface area contributed by atoms with E-state index in [0.29, 0.717) is 6.61 Å². The van der Waals surface area contributed by atoms with E-state index in [1.165, 1.54) is 0 Å². The number of aromatic nitrogens is 1. The van der Waals surface area contributed by atoms with Crippen LogP contribution in [0.2, 0.25) is 0 Å². The number of hydrogen-bond donors (Lipinski definition) is 0. The molecular weight excluding hydrogens is 262 g/mol. The van der Waals surface area contributed by atoms with Crippen LogP contribution in [-0.4, -0.2) is 17.7 Å². The Hall–Kier alpha value is -2.03. The van der Waals surface area contributed by atoms with Gasteiger partial charge in [0.05, 0.1) is 6.20 Å². The molecule has 1 heterocycles. The molecule has 0 N–H and O–H groups in total. The maximum atomic E-state index is 6.19. The first-order chi connectivity index (χ1) is 10.2. The summed E-state index contributed by atoms with van der Waals surface area (Å²) < 4.78 is 12.0. The molecule has 0 fully saturated rings. The van der Waals surface area contributed by atoms with Crippen molar-refractivity contribution in [3.63, 3.8) is 0 Å². The van der Waals surface area contributed by atoms with Crippen molar-refractivity contribution in [3.05, 3.63) is 53.9 Å². The molecule has 1 aromatic carbocycles. The van der Waals surface area contributed by atoms with Crippen LogP contribution in [0.1, 0.15) is 30.9 Å². The molecule has 1 aromatic heterocycles. The second-order valence-electron chi connectivity index (χ2n) is 5.25. The second-order valence-corrected chi connectivity index (χ2v) is 5.25. The van der Waals surface area contributed by atoms with Gasteiger partial charge < -0.3 is 9.47 Å². The van der Waals surface area contributed by atoms with Crippen LogP contribution in [0.25, 0.3) is 0 Å². The zero-order valence-corrected chi connectivity index (χ0v) is 13.0. The van der Waals surface area contributed by atoms with Crippen molar-refractivity contribution in [1.82, 2.24) is 4.98 Å². The molecule has 3 nitrogen and oxygen atoms in total. The van der Waals surface area contributed by atoms with Gasteiger partial charge in [-0.1, -0.05) is 31.5 Å². The normalized spacial score (nSPS) is 12.0. The van der Waals surface area contributed by atoms with Gasteiger partial charge >= 0.3 is 0 Å². The van der Waals surface area contributed by atoms with E-state index in [9.17, 15) is 0 Å². The van der Waals surface area contributed by atoms with E-state index < -0.39 is 0 Å². The fraction of sp³-hybridized carbons (Fsp3) is 0.389. The summed E-state index contributed by atoms with van der Waals surface area (Å²) >= 11 is 0. The molecule has 0 bridgehead atoms. The lowest BCUT2D eigenvalue weighted by molar-refractivity contribution is 0.118. The summed E-state index contributed by atoms with van der Waals surface area (Å²) in [6.07, 6.45) is 5.54. The number of nitrogens with zero attached hydrogens (tertiary/aromatic N) is 1. The Bertz CT molecular complexity index is 534. The van der Waals surface area contributed by atoms with E-state index in [4.69, 9.17) is 9.47 Å². The van der Waals surface area contributed by atoms with Gasteiger partial charge in [0.2, 0.25) is 0 Å². The lowest BCUT2D eigenvalue weighted by Crippen LogP contribution is -2.25. The fourth-order valence-electron chi connectivity index (χ4n) is 2.27. The lowest BCUT2D eigenvalue weighted by Gasteiger charge is -2.21. The topological polar surface area (TPSA) is 31.4 Å². The molecule has 3 heteroatoms. The summed E-state index contributed by atoms with van der Waals surface area (Å²) in [5.41, 5.74) is 2.33. The zero-order valence-electron chi connectivity index (χ0n) is 13.0. The molecule has 0 spiro atoms. The van der Waals surface area contributed by atoms with E-state index in [1.807, 2.05) is 12.1 Å². The molecule has 112 valence electrons. The number of benzene rings is 1. The number of aryl methyl sites for hydroxylation is 2. The van der Waals surface area contributed by atoms with Crippen LogP contribution in [0.15, 0.2) is 42.7 Å². The van der Waals surface area contributed by atoms with Gasteiger partial charge in [0.15, 0.2) is 0 Å².